The highest BCUT2D eigenvalue weighted by Crippen LogP contribution is 2.11. The molecule has 2 N–H and O–H groups in total. The fourth-order valence-corrected chi connectivity index (χ4v) is 1.41. The molecular weight excluding hydrogens is 178 g/mol. The lowest BCUT2D eigenvalue weighted by Gasteiger charge is -2.05. The van der Waals surface area contributed by atoms with E-state index in [4.69, 9.17) is 5.73 Å². The smallest absolute Gasteiger partial charge is 0.337 e. The Hall–Kier alpha value is -1.35. The summed E-state index contributed by atoms with van der Waals surface area (Å²) in [7, 11) is 1.38. The third-order valence-electron chi connectivity index (χ3n) is 1.99. The van der Waals surface area contributed by atoms with Crippen LogP contribution in [0.5, 0.6) is 0 Å². The Morgan fingerprint density at radius 1 is 1.43 bits per heavy atom. The summed E-state index contributed by atoms with van der Waals surface area (Å²) in [6.45, 7) is 2.54. The minimum atomic E-state index is -0.299. The molecule has 0 unspecified atom stereocenters. The Balaban J connectivity index is 3.00. The van der Waals surface area contributed by atoms with Gasteiger partial charge in [0.15, 0.2) is 0 Å². The van der Waals surface area contributed by atoms with Crippen molar-refractivity contribution in [2.75, 3.05) is 13.7 Å². The quantitative estimate of drug-likeness (QED) is 0.736. The standard InChI is InChI=1S/C11H15NO2/c1-8-5-9(3-4-12)7-10(6-8)11(13)14-2/h5-7H,3-4,12H2,1-2H3. The van der Waals surface area contributed by atoms with Gasteiger partial charge in [0.05, 0.1) is 12.7 Å². The van der Waals surface area contributed by atoms with Gasteiger partial charge in [-0.15, -0.1) is 0 Å². The van der Waals surface area contributed by atoms with E-state index in [1.165, 1.54) is 7.11 Å². The normalized spacial score (nSPS) is 9.93. The summed E-state index contributed by atoms with van der Waals surface area (Å²) >= 11 is 0. The molecule has 0 aromatic heterocycles. The minimum Gasteiger partial charge on any atom is -0.465 e. The highest BCUT2D eigenvalue weighted by molar-refractivity contribution is 5.89. The Morgan fingerprint density at radius 2 is 2.14 bits per heavy atom. The third-order valence-corrected chi connectivity index (χ3v) is 1.99. The molecule has 0 aliphatic heterocycles. The number of ether oxygens (including phenoxy) is 1. The van der Waals surface area contributed by atoms with Crippen molar-refractivity contribution in [3.63, 3.8) is 0 Å². The van der Waals surface area contributed by atoms with E-state index >= 15 is 0 Å². The van der Waals surface area contributed by atoms with Crippen LogP contribution in [0, 0.1) is 6.92 Å². The molecule has 0 aliphatic rings. The molecule has 1 aromatic carbocycles. The molecule has 0 spiro atoms. The van der Waals surface area contributed by atoms with Crippen LogP contribution in [-0.4, -0.2) is 19.6 Å². The first-order chi connectivity index (χ1) is 6.67. The van der Waals surface area contributed by atoms with E-state index < -0.39 is 0 Å². The topological polar surface area (TPSA) is 52.3 Å². The molecule has 0 radical (unpaired) electrons. The van der Waals surface area contributed by atoms with Crippen molar-refractivity contribution >= 4 is 5.97 Å². The van der Waals surface area contributed by atoms with Crippen molar-refractivity contribution in [1.82, 2.24) is 0 Å². The van der Waals surface area contributed by atoms with Gasteiger partial charge < -0.3 is 10.5 Å². The minimum absolute atomic E-state index is 0.299. The van der Waals surface area contributed by atoms with E-state index in [0.29, 0.717) is 12.1 Å². The zero-order valence-corrected chi connectivity index (χ0v) is 8.54. The number of hydrogen-bond donors (Lipinski definition) is 1. The van der Waals surface area contributed by atoms with Gasteiger partial charge in [-0.3, -0.25) is 0 Å². The lowest BCUT2D eigenvalue weighted by molar-refractivity contribution is 0.0600. The second kappa shape index (κ2) is 4.77. The maximum Gasteiger partial charge on any atom is 0.337 e. The van der Waals surface area contributed by atoms with E-state index in [0.717, 1.165) is 17.5 Å². The highest BCUT2D eigenvalue weighted by Gasteiger charge is 2.06. The molecule has 76 valence electrons. The largest absolute Gasteiger partial charge is 0.465 e. The molecule has 1 rings (SSSR count). The van der Waals surface area contributed by atoms with E-state index in [1.807, 2.05) is 25.1 Å². The first-order valence-electron chi connectivity index (χ1n) is 4.56. The van der Waals surface area contributed by atoms with E-state index in [9.17, 15) is 4.79 Å². The van der Waals surface area contributed by atoms with Crippen LogP contribution >= 0.6 is 0 Å². The molecule has 3 heteroatoms. The molecule has 1 aromatic rings. The van der Waals surface area contributed by atoms with Gasteiger partial charge >= 0.3 is 5.97 Å². The van der Waals surface area contributed by atoms with Crippen LogP contribution in [0.15, 0.2) is 18.2 Å². The zero-order valence-electron chi connectivity index (χ0n) is 8.54. The van der Waals surface area contributed by atoms with Gasteiger partial charge in [0, 0.05) is 0 Å². The Bertz CT molecular complexity index is 334. The number of benzene rings is 1. The molecule has 0 heterocycles. The van der Waals surface area contributed by atoms with Gasteiger partial charge in [0.25, 0.3) is 0 Å². The van der Waals surface area contributed by atoms with Gasteiger partial charge in [0.1, 0.15) is 0 Å². The predicted molar refractivity (Wildman–Crippen MR) is 55.3 cm³/mol. The highest BCUT2D eigenvalue weighted by atomic mass is 16.5. The van der Waals surface area contributed by atoms with Crippen LogP contribution < -0.4 is 5.73 Å². The first kappa shape index (κ1) is 10.7. The fourth-order valence-electron chi connectivity index (χ4n) is 1.41. The summed E-state index contributed by atoms with van der Waals surface area (Å²) in [6.07, 6.45) is 0.783. The Labute approximate surface area is 83.9 Å². The molecule has 3 nitrogen and oxygen atoms in total. The van der Waals surface area contributed by atoms with Crippen molar-refractivity contribution < 1.29 is 9.53 Å². The van der Waals surface area contributed by atoms with Crippen molar-refractivity contribution in [2.24, 2.45) is 5.73 Å². The summed E-state index contributed by atoms with van der Waals surface area (Å²) in [6, 6.07) is 5.66. The maximum atomic E-state index is 11.3. The Kier molecular flexibility index (Phi) is 3.65. The van der Waals surface area contributed by atoms with E-state index in [-0.39, 0.29) is 5.97 Å². The number of esters is 1. The number of aryl methyl sites for hydroxylation is 1. The lowest BCUT2D eigenvalue weighted by Crippen LogP contribution is -2.06. The van der Waals surface area contributed by atoms with Crippen LogP contribution in [0.25, 0.3) is 0 Å². The van der Waals surface area contributed by atoms with Gasteiger partial charge in [-0.1, -0.05) is 6.07 Å². The van der Waals surface area contributed by atoms with Gasteiger partial charge in [-0.25, -0.2) is 4.79 Å². The Morgan fingerprint density at radius 3 is 2.71 bits per heavy atom. The molecule has 0 fully saturated rings. The molecule has 0 bridgehead atoms. The van der Waals surface area contributed by atoms with Crippen molar-refractivity contribution in [3.8, 4) is 0 Å². The molecule has 14 heavy (non-hydrogen) atoms. The number of hydrogen-bond acceptors (Lipinski definition) is 3. The second-order valence-corrected chi connectivity index (χ2v) is 3.24. The van der Waals surface area contributed by atoms with Crippen molar-refractivity contribution in [3.05, 3.63) is 34.9 Å². The molecular formula is C11H15NO2. The van der Waals surface area contributed by atoms with Crippen LogP contribution in [0.1, 0.15) is 21.5 Å². The summed E-state index contributed by atoms with van der Waals surface area (Å²) in [5.41, 5.74) is 8.18. The summed E-state index contributed by atoms with van der Waals surface area (Å²) in [5.74, 6) is -0.299. The summed E-state index contributed by atoms with van der Waals surface area (Å²) < 4.78 is 4.65. The maximum absolute atomic E-state index is 11.3. The monoisotopic (exact) mass is 193 g/mol. The van der Waals surface area contributed by atoms with Gasteiger partial charge in [-0.05, 0) is 43.1 Å². The molecule has 0 amide bonds. The van der Waals surface area contributed by atoms with Crippen LogP contribution in [0.4, 0.5) is 0 Å². The van der Waals surface area contributed by atoms with Crippen LogP contribution in [0.2, 0.25) is 0 Å². The second-order valence-electron chi connectivity index (χ2n) is 3.24. The molecule has 0 atom stereocenters. The van der Waals surface area contributed by atoms with E-state index in [2.05, 4.69) is 4.74 Å². The van der Waals surface area contributed by atoms with Crippen LogP contribution in [0.3, 0.4) is 0 Å². The van der Waals surface area contributed by atoms with Gasteiger partial charge in [-0.2, -0.15) is 0 Å². The van der Waals surface area contributed by atoms with Crippen molar-refractivity contribution in [2.45, 2.75) is 13.3 Å². The van der Waals surface area contributed by atoms with Gasteiger partial charge in [0.2, 0.25) is 0 Å². The SMILES string of the molecule is COC(=O)c1cc(C)cc(CCN)c1. The number of nitrogens with two attached hydrogens (primary N) is 1. The average Bonchev–Trinajstić information content (AvgIpc) is 2.16. The predicted octanol–water partition coefficient (Wildman–Crippen LogP) is 1.28. The van der Waals surface area contributed by atoms with Crippen molar-refractivity contribution in [1.29, 1.82) is 0 Å². The number of rotatable bonds is 3. The zero-order chi connectivity index (χ0) is 10.6. The lowest BCUT2D eigenvalue weighted by atomic mass is 10.0. The average molecular weight is 193 g/mol. The van der Waals surface area contributed by atoms with E-state index in [1.54, 1.807) is 0 Å². The summed E-state index contributed by atoms with van der Waals surface area (Å²) in [5, 5.41) is 0. The molecule has 0 aliphatic carbocycles. The number of carbonyl (C=O) groups excluding carboxylic acids is 1. The summed E-state index contributed by atoms with van der Waals surface area (Å²) in [4.78, 5) is 11.3. The first-order valence-corrected chi connectivity index (χ1v) is 4.56. The van der Waals surface area contributed by atoms with Crippen LogP contribution in [-0.2, 0) is 11.2 Å². The fraction of sp³-hybridized carbons (Fsp3) is 0.364. The number of carbonyl (C=O) groups is 1. The third kappa shape index (κ3) is 2.57. The molecule has 0 saturated heterocycles. The number of methoxy groups -OCH3 is 1. The molecule has 0 saturated carbocycles.